The molecule has 4 nitrogen and oxygen atoms in total. The first-order valence-corrected chi connectivity index (χ1v) is 7.36. The van der Waals surface area contributed by atoms with Gasteiger partial charge in [0.15, 0.2) is 0 Å². The van der Waals surface area contributed by atoms with Crippen molar-refractivity contribution in [2.24, 2.45) is 0 Å². The van der Waals surface area contributed by atoms with Crippen molar-refractivity contribution in [2.45, 2.75) is 32.8 Å². The molecule has 0 amide bonds. The number of fused-ring (bicyclic) bond motifs is 1. The van der Waals surface area contributed by atoms with E-state index in [0.717, 1.165) is 42.4 Å². The van der Waals surface area contributed by atoms with Crippen LogP contribution >= 0.6 is 0 Å². The third kappa shape index (κ3) is 3.32. The average Bonchev–Trinajstić information content (AvgIpc) is 2.86. The van der Waals surface area contributed by atoms with E-state index in [4.69, 9.17) is 0 Å². The second kappa shape index (κ2) is 6.77. The molecule has 1 heterocycles. The summed E-state index contributed by atoms with van der Waals surface area (Å²) in [6.45, 7) is 6.87. The van der Waals surface area contributed by atoms with Gasteiger partial charge < -0.3 is 20.1 Å². The number of phenols is 1. The first-order chi connectivity index (χ1) is 9.65. The lowest BCUT2D eigenvalue weighted by molar-refractivity contribution is 0.114. The minimum absolute atomic E-state index is 0.187. The van der Waals surface area contributed by atoms with Gasteiger partial charge in [0.05, 0.1) is 6.10 Å². The molecule has 3 N–H and O–H groups in total. The number of benzene rings is 1. The molecule has 0 aliphatic heterocycles. The minimum Gasteiger partial charge on any atom is -0.508 e. The van der Waals surface area contributed by atoms with Crippen LogP contribution in [0.1, 0.15) is 38.4 Å². The van der Waals surface area contributed by atoms with Crippen LogP contribution in [-0.2, 0) is 0 Å². The molecule has 1 aromatic heterocycles. The summed E-state index contributed by atoms with van der Waals surface area (Å²) in [7, 11) is 0. The minimum atomic E-state index is -0.585. The van der Waals surface area contributed by atoms with Crippen molar-refractivity contribution in [3.63, 3.8) is 0 Å². The highest BCUT2D eigenvalue weighted by Gasteiger charge is 2.16. The van der Waals surface area contributed by atoms with E-state index in [1.54, 1.807) is 12.1 Å². The number of H-pyrrole nitrogens is 1. The monoisotopic (exact) mass is 276 g/mol. The maximum Gasteiger partial charge on any atom is 0.118 e. The number of aliphatic hydroxyl groups is 1. The van der Waals surface area contributed by atoms with Crippen LogP contribution in [0.4, 0.5) is 0 Å². The fraction of sp³-hybridized carbons (Fsp3) is 0.500. The quantitative estimate of drug-likeness (QED) is 0.728. The maximum absolute atomic E-state index is 10.5. The standard InChI is InChI=1S/C16H24N2O2/c1-3-7-18(8-4-2)11-16(20)14-9-12(19)10-15-13(14)5-6-17-15/h5-6,9-10,16-17,19-20H,3-4,7-8,11H2,1-2H3. The van der Waals surface area contributed by atoms with Gasteiger partial charge in [-0.05, 0) is 43.6 Å². The Labute approximate surface area is 120 Å². The van der Waals surface area contributed by atoms with Crippen LogP contribution in [-0.4, -0.2) is 39.7 Å². The van der Waals surface area contributed by atoms with Gasteiger partial charge in [0, 0.05) is 29.7 Å². The zero-order valence-electron chi connectivity index (χ0n) is 12.3. The lowest BCUT2D eigenvalue weighted by Crippen LogP contribution is -2.30. The summed E-state index contributed by atoms with van der Waals surface area (Å²) in [6.07, 6.45) is 3.40. The van der Waals surface area contributed by atoms with Gasteiger partial charge in [-0.25, -0.2) is 0 Å². The van der Waals surface area contributed by atoms with Gasteiger partial charge in [-0.1, -0.05) is 13.8 Å². The number of nitrogens with zero attached hydrogens (tertiary/aromatic N) is 1. The lowest BCUT2D eigenvalue weighted by atomic mass is 10.0. The van der Waals surface area contributed by atoms with Crippen molar-refractivity contribution in [1.82, 2.24) is 9.88 Å². The predicted molar refractivity (Wildman–Crippen MR) is 81.9 cm³/mol. The third-order valence-electron chi connectivity index (χ3n) is 3.56. The first-order valence-electron chi connectivity index (χ1n) is 7.36. The average molecular weight is 276 g/mol. The van der Waals surface area contributed by atoms with Gasteiger partial charge in [0.1, 0.15) is 5.75 Å². The van der Waals surface area contributed by atoms with E-state index >= 15 is 0 Å². The molecule has 0 radical (unpaired) electrons. The summed E-state index contributed by atoms with van der Waals surface area (Å²) >= 11 is 0. The molecule has 2 rings (SSSR count). The molecular formula is C16H24N2O2. The molecule has 1 unspecified atom stereocenters. The van der Waals surface area contributed by atoms with E-state index in [-0.39, 0.29) is 5.75 Å². The SMILES string of the molecule is CCCN(CCC)CC(O)c1cc(O)cc2[nH]ccc12. The van der Waals surface area contributed by atoms with E-state index < -0.39 is 6.10 Å². The summed E-state index contributed by atoms with van der Waals surface area (Å²) in [4.78, 5) is 5.35. The third-order valence-corrected chi connectivity index (χ3v) is 3.56. The van der Waals surface area contributed by atoms with Crippen LogP contribution in [0.3, 0.4) is 0 Å². The normalized spacial score (nSPS) is 13.2. The molecule has 0 aliphatic carbocycles. The number of aromatic amines is 1. The van der Waals surface area contributed by atoms with Crippen molar-refractivity contribution in [3.05, 3.63) is 30.0 Å². The highest BCUT2D eigenvalue weighted by molar-refractivity contribution is 5.84. The Hall–Kier alpha value is -1.52. The fourth-order valence-electron chi connectivity index (χ4n) is 2.73. The molecular weight excluding hydrogens is 252 g/mol. The summed E-state index contributed by atoms with van der Waals surface area (Å²) in [6, 6.07) is 5.29. The largest absolute Gasteiger partial charge is 0.508 e. The van der Waals surface area contributed by atoms with Gasteiger partial charge >= 0.3 is 0 Å². The Morgan fingerprint density at radius 2 is 1.90 bits per heavy atom. The van der Waals surface area contributed by atoms with E-state index in [0.29, 0.717) is 6.54 Å². The molecule has 4 heteroatoms. The fourth-order valence-corrected chi connectivity index (χ4v) is 2.73. The molecule has 0 aliphatic rings. The zero-order valence-corrected chi connectivity index (χ0v) is 12.3. The lowest BCUT2D eigenvalue weighted by Gasteiger charge is -2.24. The van der Waals surface area contributed by atoms with Crippen LogP contribution in [0.2, 0.25) is 0 Å². The van der Waals surface area contributed by atoms with Crippen LogP contribution in [0.15, 0.2) is 24.4 Å². The molecule has 110 valence electrons. The number of nitrogens with one attached hydrogen (secondary N) is 1. The van der Waals surface area contributed by atoms with Gasteiger partial charge in [-0.15, -0.1) is 0 Å². The Kier molecular flexibility index (Phi) is 5.04. The number of hydrogen-bond donors (Lipinski definition) is 3. The maximum atomic E-state index is 10.5. The topological polar surface area (TPSA) is 59.5 Å². The highest BCUT2D eigenvalue weighted by atomic mass is 16.3. The molecule has 0 bridgehead atoms. The molecule has 0 fully saturated rings. The molecule has 0 spiro atoms. The van der Waals surface area contributed by atoms with Crippen molar-refractivity contribution in [2.75, 3.05) is 19.6 Å². The van der Waals surface area contributed by atoms with Crippen molar-refractivity contribution in [3.8, 4) is 5.75 Å². The molecule has 1 atom stereocenters. The molecule has 0 saturated heterocycles. The number of hydrogen-bond acceptors (Lipinski definition) is 3. The van der Waals surface area contributed by atoms with Crippen molar-refractivity contribution < 1.29 is 10.2 Å². The number of aromatic hydroxyl groups is 1. The smallest absolute Gasteiger partial charge is 0.118 e. The zero-order chi connectivity index (χ0) is 14.5. The van der Waals surface area contributed by atoms with Crippen LogP contribution in [0.5, 0.6) is 5.75 Å². The number of phenolic OH excluding ortho intramolecular Hbond substituents is 1. The van der Waals surface area contributed by atoms with Gasteiger partial charge in [0.25, 0.3) is 0 Å². The van der Waals surface area contributed by atoms with E-state index in [2.05, 4.69) is 23.7 Å². The summed E-state index contributed by atoms with van der Waals surface area (Å²) in [5.74, 6) is 0.187. The predicted octanol–water partition coefficient (Wildman–Crippen LogP) is 3.03. The summed E-state index contributed by atoms with van der Waals surface area (Å²) in [5, 5.41) is 21.3. The molecule has 1 aromatic carbocycles. The van der Waals surface area contributed by atoms with Gasteiger partial charge in [0.2, 0.25) is 0 Å². The second-order valence-corrected chi connectivity index (χ2v) is 5.29. The Bertz CT molecular complexity index is 544. The highest BCUT2D eigenvalue weighted by Crippen LogP contribution is 2.29. The summed E-state index contributed by atoms with van der Waals surface area (Å²) < 4.78 is 0. The Morgan fingerprint density at radius 3 is 2.55 bits per heavy atom. The molecule has 20 heavy (non-hydrogen) atoms. The molecule has 0 saturated carbocycles. The number of aromatic nitrogens is 1. The van der Waals surface area contributed by atoms with Crippen LogP contribution in [0, 0.1) is 0 Å². The van der Waals surface area contributed by atoms with Crippen LogP contribution < -0.4 is 0 Å². The summed E-state index contributed by atoms with van der Waals surface area (Å²) in [5.41, 5.74) is 1.65. The molecule has 2 aromatic rings. The first kappa shape index (κ1) is 14.9. The van der Waals surface area contributed by atoms with Gasteiger partial charge in [-0.3, -0.25) is 0 Å². The number of aliphatic hydroxyl groups excluding tert-OH is 1. The Balaban J connectivity index is 2.21. The second-order valence-electron chi connectivity index (χ2n) is 5.29. The Morgan fingerprint density at radius 1 is 1.20 bits per heavy atom. The van der Waals surface area contributed by atoms with E-state index in [1.165, 1.54) is 0 Å². The van der Waals surface area contributed by atoms with Crippen LogP contribution in [0.25, 0.3) is 10.9 Å². The van der Waals surface area contributed by atoms with Gasteiger partial charge in [-0.2, -0.15) is 0 Å². The van der Waals surface area contributed by atoms with E-state index in [9.17, 15) is 10.2 Å². The van der Waals surface area contributed by atoms with E-state index in [1.807, 2.05) is 12.3 Å². The number of rotatable bonds is 7. The van der Waals surface area contributed by atoms with Crippen molar-refractivity contribution >= 4 is 10.9 Å². The van der Waals surface area contributed by atoms with Crippen molar-refractivity contribution in [1.29, 1.82) is 0 Å².